The number of ether oxygens (including phenoxy) is 3. The third-order valence-electron chi connectivity index (χ3n) is 5.06. The van der Waals surface area contributed by atoms with Crippen LogP contribution in [0.3, 0.4) is 0 Å². The second-order valence-corrected chi connectivity index (χ2v) is 6.60. The first kappa shape index (κ1) is 18.2. The summed E-state index contributed by atoms with van der Waals surface area (Å²) < 4.78 is 15.9. The van der Waals surface area contributed by atoms with Crippen LogP contribution in [-0.4, -0.2) is 49.0 Å². The largest absolute Gasteiger partial charge is 0.493 e. The molecule has 0 amide bonds. The Bertz CT molecular complexity index is 763. The summed E-state index contributed by atoms with van der Waals surface area (Å²) in [5.41, 5.74) is 1.62. The Labute approximate surface area is 152 Å². The van der Waals surface area contributed by atoms with Crippen LogP contribution in [0.25, 0.3) is 0 Å². The van der Waals surface area contributed by atoms with Gasteiger partial charge in [0.2, 0.25) is 5.71 Å². The minimum absolute atomic E-state index is 0.175. The van der Waals surface area contributed by atoms with Gasteiger partial charge in [-0.25, -0.2) is 4.79 Å². The number of esters is 1. The van der Waals surface area contributed by atoms with E-state index in [0.29, 0.717) is 22.8 Å². The van der Waals surface area contributed by atoms with E-state index >= 15 is 0 Å². The molecule has 1 aromatic rings. The summed E-state index contributed by atoms with van der Waals surface area (Å²) in [6.07, 6.45) is 4.81. The summed E-state index contributed by atoms with van der Waals surface area (Å²) in [5.74, 6) is 0.464. The molecule has 2 aliphatic rings. The number of carbonyl (C=O) groups excluding carboxylic acids is 1. The van der Waals surface area contributed by atoms with Crippen molar-refractivity contribution in [3.63, 3.8) is 0 Å². The molecule has 0 atom stereocenters. The second kappa shape index (κ2) is 7.35. The highest BCUT2D eigenvalue weighted by Gasteiger charge is 2.40. The lowest BCUT2D eigenvalue weighted by Gasteiger charge is -2.32. The average molecular weight is 360 g/mol. The number of hydrogen-bond donors (Lipinski definition) is 1. The van der Waals surface area contributed by atoms with E-state index in [2.05, 4.69) is 5.16 Å². The number of oxime groups is 1. The lowest BCUT2D eigenvalue weighted by molar-refractivity contribution is -0.134. The first-order chi connectivity index (χ1) is 12.6. The SMILES string of the molecule is CCOC(=O)/C(=N\O)C1=NC2(CCCC2)Cc2cc(OC)c(OC)cc21. The standard InChI is InChI=1S/C19H24N2O5/c1-4-26-18(22)17(21-23)16-13-10-15(25-3)14(24-2)9-12(13)11-19(20-16)7-5-6-8-19/h9-10,23H,4-8,11H2,1-3H3/b21-17-. The van der Waals surface area contributed by atoms with Crippen LogP contribution in [0.5, 0.6) is 11.5 Å². The maximum absolute atomic E-state index is 12.3. The normalized spacial score (nSPS) is 18.3. The average Bonchev–Trinajstić information content (AvgIpc) is 3.09. The Balaban J connectivity index is 2.16. The first-order valence-corrected chi connectivity index (χ1v) is 8.82. The molecule has 7 nitrogen and oxygen atoms in total. The van der Waals surface area contributed by atoms with Crippen molar-refractivity contribution in [1.29, 1.82) is 0 Å². The number of rotatable bonds is 5. The third-order valence-corrected chi connectivity index (χ3v) is 5.06. The molecule has 0 unspecified atom stereocenters. The molecule has 0 radical (unpaired) electrons. The minimum Gasteiger partial charge on any atom is -0.493 e. The maximum Gasteiger partial charge on any atom is 0.362 e. The van der Waals surface area contributed by atoms with E-state index in [1.165, 1.54) is 0 Å². The molecule has 1 N–H and O–H groups in total. The third kappa shape index (κ3) is 3.13. The monoisotopic (exact) mass is 360 g/mol. The lowest BCUT2D eigenvalue weighted by atomic mass is 9.82. The Morgan fingerprint density at radius 1 is 1.23 bits per heavy atom. The topological polar surface area (TPSA) is 89.7 Å². The molecule has 26 heavy (non-hydrogen) atoms. The zero-order valence-corrected chi connectivity index (χ0v) is 15.4. The smallest absolute Gasteiger partial charge is 0.362 e. The molecule has 1 heterocycles. The highest BCUT2D eigenvalue weighted by atomic mass is 16.5. The van der Waals surface area contributed by atoms with Crippen LogP contribution < -0.4 is 9.47 Å². The van der Waals surface area contributed by atoms with Gasteiger partial charge >= 0.3 is 5.97 Å². The molecule has 7 heteroatoms. The van der Waals surface area contributed by atoms with Crippen molar-refractivity contribution in [3.05, 3.63) is 23.3 Å². The molecular formula is C19H24N2O5. The maximum atomic E-state index is 12.3. The highest BCUT2D eigenvalue weighted by Crippen LogP contribution is 2.43. The van der Waals surface area contributed by atoms with Crippen molar-refractivity contribution in [1.82, 2.24) is 0 Å². The Morgan fingerprint density at radius 2 is 1.88 bits per heavy atom. The van der Waals surface area contributed by atoms with Gasteiger partial charge in [0.1, 0.15) is 5.71 Å². The Hall–Kier alpha value is -2.57. The van der Waals surface area contributed by atoms with Crippen molar-refractivity contribution < 1.29 is 24.2 Å². The van der Waals surface area contributed by atoms with E-state index in [-0.39, 0.29) is 17.9 Å². The van der Waals surface area contributed by atoms with Crippen LogP contribution in [0.15, 0.2) is 22.3 Å². The van der Waals surface area contributed by atoms with Crippen molar-refractivity contribution in [2.24, 2.45) is 10.1 Å². The zero-order valence-electron chi connectivity index (χ0n) is 15.4. The van der Waals surface area contributed by atoms with Crippen molar-refractivity contribution in [3.8, 4) is 11.5 Å². The predicted molar refractivity (Wildman–Crippen MR) is 96.8 cm³/mol. The summed E-state index contributed by atoms with van der Waals surface area (Å²) in [6.45, 7) is 1.89. The predicted octanol–water partition coefficient (Wildman–Crippen LogP) is 2.76. The number of nitrogens with zero attached hydrogens (tertiary/aromatic N) is 2. The molecule has 0 saturated heterocycles. The molecule has 140 valence electrons. The molecule has 0 aromatic heterocycles. The zero-order chi connectivity index (χ0) is 18.7. The van der Waals surface area contributed by atoms with Crippen LogP contribution in [-0.2, 0) is 16.0 Å². The number of carbonyl (C=O) groups is 1. The quantitative estimate of drug-likeness (QED) is 0.377. The van der Waals surface area contributed by atoms with Crippen LogP contribution >= 0.6 is 0 Å². The molecule has 3 rings (SSSR count). The van der Waals surface area contributed by atoms with Crippen LogP contribution in [0.2, 0.25) is 0 Å². The lowest BCUT2D eigenvalue weighted by Crippen LogP contribution is -2.38. The van der Waals surface area contributed by atoms with Crippen LogP contribution in [0.4, 0.5) is 0 Å². The van der Waals surface area contributed by atoms with E-state index in [0.717, 1.165) is 37.7 Å². The van der Waals surface area contributed by atoms with E-state index in [1.807, 2.05) is 6.07 Å². The summed E-state index contributed by atoms with van der Waals surface area (Å²) in [5, 5.41) is 12.7. The van der Waals surface area contributed by atoms with E-state index in [4.69, 9.17) is 19.2 Å². The van der Waals surface area contributed by atoms with E-state index in [9.17, 15) is 10.0 Å². The van der Waals surface area contributed by atoms with Gasteiger partial charge in [-0.2, -0.15) is 0 Å². The van der Waals surface area contributed by atoms with E-state index < -0.39 is 5.97 Å². The molecule has 1 saturated carbocycles. The number of benzene rings is 1. The van der Waals surface area contributed by atoms with Gasteiger partial charge in [-0.3, -0.25) is 4.99 Å². The number of methoxy groups -OCH3 is 2. The molecule has 1 aliphatic carbocycles. The van der Waals surface area contributed by atoms with Crippen molar-refractivity contribution >= 4 is 17.4 Å². The second-order valence-electron chi connectivity index (χ2n) is 6.60. The fraction of sp³-hybridized carbons (Fsp3) is 0.526. The molecule has 1 aromatic carbocycles. The minimum atomic E-state index is -0.690. The Kier molecular flexibility index (Phi) is 5.15. The number of fused-ring (bicyclic) bond motifs is 1. The molecule has 1 spiro atoms. The summed E-state index contributed by atoms with van der Waals surface area (Å²) >= 11 is 0. The summed E-state index contributed by atoms with van der Waals surface area (Å²) in [6, 6.07) is 3.70. The molecule has 1 aliphatic heterocycles. The van der Waals surface area contributed by atoms with Crippen LogP contribution in [0.1, 0.15) is 43.7 Å². The fourth-order valence-electron chi connectivity index (χ4n) is 3.87. The van der Waals surface area contributed by atoms with Gasteiger partial charge in [0.05, 0.1) is 26.4 Å². The van der Waals surface area contributed by atoms with Gasteiger partial charge in [0.15, 0.2) is 11.5 Å². The van der Waals surface area contributed by atoms with Gasteiger partial charge in [-0.1, -0.05) is 18.0 Å². The van der Waals surface area contributed by atoms with Gasteiger partial charge < -0.3 is 19.4 Å². The Morgan fingerprint density at radius 3 is 2.46 bits per heavy atom. The number of aliphatic imine (C=N–C) groups is 1. The summed E-state index contributed by atoms with van der Waals surface area (Å²) in [4.78, 5) is 17.2. The van der Waals surface area contributed by atoms with E-state index in [1.54, 1.807) is 27.2 Å². The van der Waals surface area contributed by atoms with Crippen molar-refractivity contribution in [2.45, 2.75) is 44.6 Å². The van der Waals surface area contributed by atoms with Gasteiger partial charge in [-0.05, 0) is 43.9 Å². The van der Waals surface area contributed by atoms with Gasteiger partial charge in [-0.15, -0.1) is 0 Å². The fourth-order valence-corrected chi connectivity index (χ4v) is 3.87. The molecule has 0 bridgehead atoms. The summed E-state index contributed by atoms with van der Waals surface area (Å²) in [7, 11) is 3.14. The van der Waals surface area contributed by atoms with Gasteiger partial charge in [0, 0.05) is 5.56 Å². The molecule has 1 fully saturated rings. The highest BCUT2D eigenvalue weighted by molar-refractivity contribution is 6.69. The number of hydrogen-bond acceptors (Lipinski definition) is 7. The first-order valence-electron chi connectivity index (χ1n) is 8.82. The van der Waals surface area contributed by atoms with Crippen molar-refractivity contribution in [2.75, 3.05) is 20.8 Å². The van der Waals surface area contributed by atoms with Gasteiger partial charge in [0.25, 0.3) is 0 Å². The van der Waals surface area contributed by atoms with Crippen LogP contribution in [0, 0.1) is 0 Å². The molecular weight excluding hydrogens is 336 g/mol.